The molecule has 1 fully saturated rings. The van der Waals surface area contributed by atoms with Crippen molar-refractivity contribution in [3.8, 4) is 11.3 Å². The summed E-state index contributed by atoms with van der Waals surface area (Å²) in [6, 6.07) is 11.9. The Morgan fingerprint density at radius 1 is 0.885 bits per heavy atom. The lowest BCUT2D eigenvalue weighted by atomic mass is 10.1. The second kappa shape index (κ2) is 14.9. The largest absolute Gasteiger partial charge is 0.444 e. The molecule has 0 aliphatic carbocycles. The number of carbonyl (C=O) groups excluding carboxylic acids is 3. The summed E-state index contributed by atoms with van der Waals surface area (Å²) in [6.07, 6.45) is -1.44. The predicted molar refractivity (Wildman–Crippen MR) is 196 cm³/mol. The molecule has 12 nitrogen and oxygen atoms in total. The summed E-state index contributed by atoms with van der Waals surface area (Å²) >= 11 is 0. The quantitative estimate of drug-likeness (QED) is 0.210. The van der Waals surface area contributed by atoms with Crippen molar-refractivity contribution in [1.29, 1.82) is 0 Å². The molecule has 0 atom stereocenters. The van der Waals surface area contributed by atoms with Crippen molar-refractivity contribution in [3.63, 3.8) is 0 Å². The number of anilines is 2. The van der Waals surface area contributed by atoms with Crippen LogP contribution in [0.1, 0.15) is 71.3 Å². The van der Waals surface area contributed by atoms with Gasteiger partial charge < -0.3 is 29.5 Å². The first kappa shape index (κ1) is 38.1. The first-order valence-corrected chi connectivity index (χ1v) is 17.3. The van der Waals surface area contributed by atoms with E-state index in [4.69, 9.17) is 9.47 Å². The zero-order chi connectivity index (χ0) is 38.1. The zero-order valence-electron chi connectivity index (χ0n) is 31.2. The van der Waals surface area contributed by atoms with Crippen molar-refractivity contribution in [1.82, 2.24) is 24.6 Å². The molecular formula is C38H47F2N7O5. The third kappa shape index (κ3) is 9.02. The molecule has 0 unspecified atom stereocenters. The smallest absolute Gasteiger partial charge is 0.435 e. The van der Waals surface area contributed by atoms with Crippen molar-refractivity contribution in [3.05, 3.63) is 71.3 Å². The van der Waals surface area contributed by atoms with Crippen molar-refractivity contribution < 1.29 is 32.6 Å². The van der Waals surface area contributed by atoms with Gasteiger partial charge in [0.2, 0.25) is 0 Å². The second-order valence-corrected chi connectivity index (χ2v) is 15.2. The van der Waals surface area contributed by atoms with Crippen LogP contribution in [-0.2, 0) is 16.0 Å². The average molecular weight is 720 g/mol. The minimum atomic E-state index is -0.916. The number of carbonyl (C=O) groups is 3. The fraction of sp³-hybridized carbons (Fsp3) is 0.447. The van der Waals surface area contributed by atoms with E-state index in [1.165, 1.54) is 17.0 Å². The molecule has 2 aromatic carbocycles. The van der Waals surface area contributed by atoms with Gasteiger partial charge in [-0.2, -0.15) is 4.68 Å². The zero-order valence-corrected chi connectivity index (χ0v) is 31.2. The van der Waals surface area contributed by atoms with Crippen LogP contribution in [-0.4, -0.2) is 93.1 Å². The highest BCUT2D eigenvalue weighted by atomic mass is 19.1. The van der Waals surface area contributed by atoms with Gasteiger partial charge in [-0.3, -0.25) is 4.79 Å². The van der Waals surface area contributed by atoms with E-state index in [2.05, 4.69) is 32.2 Å². The monoisotopic (exact) mass is 719 g/mol. The molecule has 5 rings (SSSR count). The predicted octanol–water partition coefficient (Wildman–Crippen LogP) is 7.31. The molecule has 1 aliphatic rings. The van der Waals surface area contributed by atoms with E-state index in [0.717, 1.165) is 48.7 Å². The van der Waals surface area contributed by atoms with E-state index >= 15 is 8.78 Å². The average Bonchev–Trinajstić information content (AvgIpc) is 3.39. The highest BCUT2D eigenvalue weighted by Crippen LogP contribution is 2.31. The lowest BCUT2D eigenvalue weighted by Crippen LogP contribution is -2.44. The Balaban J connectivity index is 1.47. The maximum absolute atomic E-state index is 15.8. The summed E-state index contributed by atoms with van der Waals surface area (Å²) in [7, 11) is 2.08. The Bertz CT molecular complexity index is 1930. The van der Waals surface area contributed by atoms with Gasteiger partial charge in [0.05, 0.1) is 11.3 Å². The number of amides is 2. The van der Waals surface area contributed by atoms with Crippen LogP contribution in [0.25, 0.3) is 22.3 Å². The van der Waals surface area contributed by atoms with E-state index in [1.807, 2.05) is 12.1 Å². The number of likely N-dealkylation sites (N-methyl/N-ethyl adjacent to an activating group) is 1. The van der Waals surface area contributed by atoms with E-state index in [1.54, 1.807) is 67.5 Å². The molecule has 278 valence electrons. The molecule has 0 radical (unpaired) electrons. The Kier molecular flexibility index (Phi) is 10.9. The first-order chi connectivity index (χ1) is 24.3. The molecule has 1 saturated heterocycles. The van der Waals surface area contributed by atoms with Gasteiger partial charge >= 0.3 is 12.2 Å². The molecule has 0 bridgehead atoms. The molecule has 1 aliphatic heterocycles. The lowest BCUT2D eigenvalue weighted by Gasteiger charge is -2.34. The fourth-order valence-electron chi connectivity index (χ4n) is 5.67. The Hall–Kier alpha value is -5.11. The van der Waals surface area contributed by atoms with Crippen molar-refractivity contribution >= 4 is 40.6 Å². The highest BCUT2D eigenvalue weighted by molar-refractivity contribution is 6.08. The van der Waals surface area contributed by atoms with E-state index in [0.29, 0.717) is 5.56 Å². The van der Waals surface area contributed by atoms with Gasteiger partial charge in [0, 0.05) is 50.0 Å². The lowest BCUT2D eigenvalue weighted by molar-refractivity contribution is 0.0171. The summed E-state index contributed by atoms with van der Waals surface area (Å²) in [4.78, 5) is 49.9. The number of piperazine rings is 1. The number of nitrogens with one attached hydrogen (secondary N) is 1. The van der Waals surface area contributed by atoms with Crippen molar-refractivity contribution in [2.45, 2.75) is 79.2 Å². The number of ether oxygens (including phenoxy) is 2. The number of halogens is 2. The van der Waals surface area contributed by atoms with Gasteiger partial charge in [-0.15, -0.1) is 5.10 Å². The Morgan fingerprint density at radius 3 is 2.04 bits per heavy atom. The summed E-state index contributed by atoms with van der Waals surface area (Å²) < 4.78 is 43.5. The standard InChI is InChI=1S/C38H47F2N7O5/c1-23(2)46(35(49)51-37(3,4)5)22-24-20-27(39)31(28(40)21-24)29-14-15-30-32(41-29)33(43-47(30)36(50)52-38(6,7)8)42-34(48)25-10-12-26(13-11-25)45-18-16-44(9)17-19-45/h10-15,20-21,23H,16-19,22H2,1-9H3,(H,42,43,48). The van der Waals surface area contributed by atoms with Crippen LogP contribution in [0, 0.1) is 11.6 Å². The third-order valence-corrected chi connectivity index (χ3v) is 8.29. The van der Waals surface area contributed by atoms with E-state index < -0.39 is 46.5 Å². The van der Waals surface area contributed by atoms with Gasteiger partial charge in [0.25, 0.3) is 5.91 Å². The number of hydrogen-bond donors (Lipinski definition) is 1. The van der Waals surface area contributed by atoms with Gasteiger partial charge in [0.15, 0.2) is 5.82 Å². The van der Waals surface area contributed by atoms with Gasteiger partial charge in [-0.1, -0.05) is 0 Å². The van der Waals surface area contributed by atoms with Crippen LogP contribution >= 0.6 is 0 Å². The van der Waals surface area contributed by atoms with Crippen LogP contribution in [0.5, 0.6) is 0 Å². The van der Waals surface area contributed by atoms with Gasteiger partial charge in [-0.05, 0) is 117 Å². The number of rotatable bonds is 7. The third-order valence-electron chi connectivity index (χ3n) is 8.29. The Morgan fingerprint density at radius 2 is 1.48 bits per heavy atom. The van der Waals surface area contributed by atoms with Crippen LogP contribution < -0.4 is 10.2 Å². The molecule has 52 heavy (non-hydrogen) atoms. The molecule has 2 aromatic heterocycles. The molecule has 0 saturated carbocycles. The molecule has 4 aromatic rings. The minimum absolute atomic E-state index is 0.0181. The molecule has 0 spiro atoms. The van der Waals surface area contributed by atoms with Crippen LogP contribution in [0.4, 0.5) is 29.9 Å². The van der Waals surface area contributed by atoms with Crippen molar-refractivity contribution in [2.24, 2.45) is 0 Å². The number of nitrogens with zero attached hydrogens (tertiary/aromatic N) is 6. The molecular weight excluding hydrogens is 672 g/mol. The summed E-state index contributed by atoms with van der Waals surface area (Å²) in [5.41, 5.74) is -0.427. The maximum Gasteiger partial charge on any atom is 0.435 e. The number of pyridine rings is 1. The first-order valence-electron chi connectivity index (χ1n) is 17.3. The number of hydrogen-bond acceptors (Lipinski definition) is 9. The number of benzene rings is 2. The van der Waals surface area contributed by atoms with Crippen LogP contribution in [0.15, 0.2) is 48.5 Å². The minimum Gasteiger partial charge on any atom is -0.444 e. The van der Waals surface area contributed by atoms with E-state index in [-0.39, 0.29) is 40.7 Å². The molecule has 1 N–H and O–H groups in total. The fourth-order valence-corrected chi connectivity index (χ4v) is 5.67. The summed E-state index contributed by atoms with van der Waals surface area (Å²) in [5, 5.41) is 7.04. The van der Waals surface area contributed by atoms with Crippen molar-refractivity contribution in [2.75, 3.05) is 43.4 Å². The van der Waals surface area contributed by atoms with Crippen LogP contribution in [0.3, 0.4) is 0 Å². The number of aromatic nitrogens is 3. The highest BCUT2D eigenvalue weighted by Gasteiger charge is 2.28. The normalized spacial score (nSPS) is 14.1. The summed E-state index contributed by atoms with van der Waals surface area (Å²) in [6.45, 7) is 17.4. The second-order valence-electron chi connectivity index (χ2n) is 15.2. The molecule has 14 heteroatoms. The topological polar surface area (TPSA) is 122 Å². The van der Waals surface area contributed by atoms with Gasteiger partial charge in [-0.25, -0.2) is 23.4 Å². The SMILES string of the molecule is CC(C)N(Cc1cc(F)c(-c2ccc3c(n2)c(NC(=O)c2ccc(N4CCN(C)CC4)cc2)nn3C(=O)OC(C)(C)C)c(F)c1)C(=O)OC(C)(C)C. The van der Waals surface area contributed by atoms with Crippen LogP contribution in [0.2, 0.25) is 0 Å². The molecule has 3 heterocycles. The Labute approximate surface area is 302 Å². The summed E-state index contributed by atoms with van der Waals surface area (Å²) in [5.74, 6) is -2.45. The number of fused-ring (bicyclic) bond motifs is 1. The van der Waals surface area contributed by atoms with Gasteiger partial charge in [0.1, 0.15) is 33.9 Å². The van der Waals surface area contributed by atoms with E-state index in [9.17, 15) is 14.4 Å². The molecule has 2 amide bonds. The maximum atomic E-state index is 15.8.